The minimum atomic E-state index is -0.920. The van der Waals surface area contributed by atoms with E-state index in [4.69, 9.17) is 23.7 Å². The molecule has 2 atom stereocenters. The van der Waals surface area contributed by atoms with Gasteiger partial charge in [0, 0.05) is 34.4 Å². The van der Waals surface area contributed by atoms with E-state index in [0.29, 0.717) is 12.0 Å². The fourth-order valence-electron chi connectivity index (χ4n) is 3.09. The highest BCUT2D eigenvalue weighted by Gasteiger charge is 2.33. The van der Waals surface area contributed by atoms with Crippen molar-refractivity contribution in [2.24, 2.45) is 5.92 Å². The summed E-state index contributed by atoms with van der Waals surface area (Å²) >= 11 is 0. The van der Waals surface area contributed by atoms with Crippen molar-refractivity contribution < 1.29 is 23.7 Å². The zero-order chi connectivity index (χ0) is 17.7. The van der Waals surface area contributed by atoms with Crippen LogP contribution < -0.4 is 0 Å². The summed E-state index contributed by atoms with van der Waals surface area (Å²) in [4.78, 5) is 0. The maximum Gasteiger partial charge on any atom is 0.282 e. The van der Waals surface area contributed by atoms with Crippen LogP contribution in [-0.4, -0.2) is 53.2 Å². The number of hydrogen-bond acceptors (Lipinski definition) is 5. The van der Waals surface area contributed by atoms with E-state index in [9.17, 15) is 0 Å². The second kappa shape index (κ2) is 13.1. The van der Waals surface area contributed by atoms with Crippen molar-refractivity contribution in [3.8, 4) is 0 Å². The fourth-order valence-corrected chi connectivity index (χ4v) is 3.09. The summed E-state index contributed by atoms with van der Waals surface area (Å²) < 4.78 is 27.3. The van der Waals surface area contributed by atoms with E-state index < -0.39 is 5.97 Å². The summed E-state index contributed by atoms with van der Waals surface area (Å²) in [5.41, 5.74) is 0. The molecule has 5 nitrogen and oxygen atoms in total. The van der Waals surface area contributed by atoms with E-state index in [1.54, 1.807) is 21.3 Å². The third kappa shape index (κ3) is 9.33. The van der Waals surface area contributed by atoms with Crippen LogP contribution in [0.4, 0.5) is 0 Å². The lowest BCUT2D eigenvalue weighted by Crippen LogP contribution is -2.38. The number of epoxide rings is 1. The Morgan fingerprint density at radius 1 is 0.958 bits per heavy atom. The Kier molecular flexibility index (Phi) is 11.9. The van der Waals surface area contributed by atoms with Crippen LogP contribution in [-0.2, 0) is 23.7 Å². The highest BCUT2D eigenvalue weighted by Crippen LogP contribution is 2.29. The van der Waals surface area contributed by atoms with Crippen molar-refractivity contribution in [3.63, 3.8) is 0 Å². The summed E-state index contributed by atoms with van der Waals surface area (Å²) in [7, 11) is 4.93. The van der Waals surface area contributed by atoms with E-state index in [2.05, 4.69) is 6.92 Å². The number of unbranched alkanes of at least 4 members (excludes halogenated alkanes) is 4. The van der Waals surface area contributed by atoms with Crippen LogP contribution in [0.5, 0.6) is 0 Å². The molecule has 0 saturated carbocycles. The van der Waals surface area contributed by atoms with Crippen LogP contribution >= 0.6 is 0 Å². The van der Waals surface area contributed by atoms with Crippen molar-refractivity contribution in [2.75, 3.05) is 41.2 Å². The number of hydrogen-bond donors (Lipinski definition) is 0. The zero-order valence-corrected chi connectivity index (χ0v) is 16.2. The molecule has 0 aromatic rings. The van der Waals surface area contributed by atoms with Gasteiger partial charge >= 0.3 is 0 Å². The molecule has 0 aromatic heterocycles. The van der Waals surface area contributed by atoms with Crippen LogP contribution in [0.3, 0.4) is 0 Å². The van der Waals surface area contributed by atoms with Gasteiger partial charge in [-0.15, -0.1) is 0 Å². The minimum absolute atomic E-state index is 0.350. The first-order valence-corrected chi connectivity index (χ1v) is 9.54. The quantitative estimate of drug-likeness (QED) is 0.225. The molecule has 1 saturated heterocycles. The Morgan fingerprint density at radius 2 is 1.58 bits per heavy atom. The molecular formula is C19H38O5. The molecular weight excluding hydrogens is 308 g/mol. The molecule has 5 heteroatoms. The van der Waals surface area contributed by atoms with Crippen LogP contribution in [0.15, 0.2) is 0 Å². The van der Waals surface area contributed by atoms with E-state index in [1.165, 1.54) is 38.5 Å². The zero-order valence-electron chi connectivity index (χ0n) is 16.2. The van der Waals surface area contributed by atoms with Crippen LogP contribution in [0.1, 0.15) is 64.7 Å². The van der Waals surface area contributed by atoms with Gasteiger partial charge < -0.3 is 23.7 Å². The Labute approximate surface area is 148 Å². The third-order valence-electron chi connectivity index (χ3n) is 4.79. The SMILES string of the molecule is CCCCCCCC(CCCOCC1CO1)CC(OC)(OC)OC. The Morgan fingerprint density at radius 3 is 2.17 bits per heavy atom. The molecule has 1 aliphatic heterocycles. The summed E-state index contributed by atoms with van der Waals surface area (Å²) in [6.45, 7) is 4.64. The molecule has 0 N–H and O–H groups in total. The van der Waals surface area contributed by atoms with E-state index in [1.807, 2.05) is 0 Å². The van der Waals surface area contributed by atoms with Crippen molar-refractivity contribution >= 4 is 0 Å². The van der Waals surface area contributed by atoms with Crippen LogP contribution in [0.2, 0.25) is 0 Å². The Bertz CT molecular complexity index is 281. The van der Waals surface area contributed by atoms with Gasteiger partial charge in [-0.3, -0.25) is 0 Å². The summed E-state index contributed by atoms with van der Waals surface area (Å²) in [5.74, 6) is -0.399. The average molecular weight is 347 g/mol. The molecule has 1 aliphatic rings. The molecule has 0 aliphatic carbocycles. The first-order valence-electron chi connectivity index (χ1n) is 9.54. The maximum absolute atomic E-state index is 5.66. The first kappa shape index (κ1) is 21.8. The fraction of sp³-hybridized carbons (Fsp3) is 1.00. The monoisotopic (exact) mass is 346 g/mol. The standard InChI is InChI=1S/C19H38O5/c1-5-6-7-8-9-11-17(14-19(20-2,21-3)22-4)12-10-13-23-15-18-16-24-18/h17-18H,5-16H2,1-4H3. The molecule has 144 valence electrons. The summed E-state index contributed by atoms with van der Waals surface area (Å²) in [6.07, 6.45) is 11.0. The van der Waals surface area contributed by atoms with Crippen molar-refractivity contribution in [2.45, 2.75) is 76.8 Å². The second-order valence-corrected chi connectivity index (χ2v) is 6.74. The first-order chi connectivity index (χ1) is 11.7. The lowest BCUT2D eigenvalue weighted by molar-refractivity contribution is -0.359. The largest absolute Gasteiger partial charge is 0.379 e. The molecule has 1 heterocycles. The smallest absolute Gasteiger partial charge is 0.282 e. The highest BCUT2D eigenvalue weighted by atomic mass is 16.9. The molecule has 24 heavy (non-hydrogen) atoms. The van der Waals surface area contributed by atoms with Crippen LogP contribution in [0.25, 0.3) is 0 Å². The molecule has 1 rings (SSSR count). The summed E-state index contributed by atoms with van der Waals surface area (Å²) in [6, 6.07) is 0. The average Bonchev–Trinajstić information content (AvgIpc) is 3.43. The minimum Gasteiger partial charge on any atom is -0.379 e. The van der Waals surface area contributed by atoms with Gasteiger partial charge in [0.2, 0.25) is 0 Å². The van der Waals surface area contributed by atoms with Crippen molar-refractivity contribution in [1.82, 2.24) is 0 Å². The number of rotatable bonds is 17. The predicted molar refractivity (Wildman–Crippen MR) is 95.0 cm³/mol. The van der Waals surface area contributed by atoms with Gasteiger partial charge in [-0.25, -0.2) is 0 Å². The Balaban J connectivity index is 2.31. The van der Waals surface area contributed by atoms with Gasteiger partial charge in [-0.05, 0) is 18.8 Å². The normalized spacial score (nSPS) is 18.8. The second-order valence-electron chi connectivity index (χ2n) is 6.74. The maximum atomic E-state index is 5.66. The van der Waals surface area contributed by atoms with Crippen LogP contribution in [0, 0.1) is 5.92 Å². The molecule has 0 spiro atoms. The molecule has 0 bridgehead atoms. The highest BCUT2D eigenvalue weighted by molar-refractivity contribution is 4.69. The van der Waals surface area contributed by atoms with Gasteiger partial charge in [-0.1, -0.05) is 45.4 Å². The molecule has 1 fully saturated rings. The van der Waals surface area contributed by atoms with E-state index in [-0.39, 0.29) is 0 Å². The van der Waals surface area contributed by atoms with Gasteiger partial charge in [-0.2, -0.15) is 0 Å². The predicted octanol–water partition coefficient (Wildman–Crippen LogP) is 4.14. The molecule has 2 unspecified atom stereocenters. The molecule has 0 aromatic carbocycles. The van der Waals surface area contributed by atoms with Gasteiger partial charge in [0.25, 0.3) is 5.97 Å². The van der Waals surface area contributed by atoms with Crippen molar-refractivity contribution in [3.05, 3.63) is 0 Å². The molecule has 0 amide bonds. The summed E-state index contributed by atoms with van der Waals surface area (Å²) in [5, 5.41) is 0. The van der Waals surface area contributed by atoms with Gasteiger partial charge in [0.1, 0.15) is 6.10 Å². The van der Waals surface area contributed by atoms with E-state index >= 15 is 0 Å². The van der Waals surface area contributed by atoms with Gasteiger partial charge in [0.05, 0.1) is 13.2 Å². The topological polar surface area (TPSA) is 49.5 Å². The number of methoxy groups -OCH3 is 3. The lowest BCUT2D eigenvalue weighted by atomic mass is 9.91. The lowest BCUT2D eigenvalue weighted by Gasteiger charge is -2.32. The third-order valence-corrected chi connectivity index (χ3v) is 4.79. The Hall–Kier alpha value is -0.200. The molecule has 0 radical (unpaired) electrons. The van der Waals surface area contributed by atoms with Gasteiger partial charge in [0.15, 0.2) is 0 Å². The van der Waals surface area contributed by atoms with Crippen molar-refractivity contribution in [1.29, 1.82) is 0 Å². The van der Waals surface area contributed by atoms with E-state index in [0.717, 1.165) is 39.1 Å². The number of ether oxygens (including phenoxy) is 5.